The Morgan fingerprint density at radius 2 is 1.71 bits per heavy atom. The molecule has 3 N–H and O–H groups in total. The minimum absolute atomic E-state index is 0.0389. The molecule has 0 spiro atoms. The number of nitrogens with two attached hydrogens (primary N) is 1. The Balaban J connectivity index is 1.75. The number of nitrogens with zero attached hydrogens (tertiary/aromatic N) is 1. The predicted octanol–water partition coefficient (Wildman–Crippen LogP) is 2.24. The van der Waals surface area contributed by atoms with Gasteiger partial charge in [-0.1, -0.05) is 30.3 Å². The molecule has 1 aromatic heterocycles. The average molecular weight is 343 g/mol. The molecule has 0 aliphatic heterocycles. The van der Waals surface area contributed by atoms with Crippen molar-refractivity contribution in [1.29, 1.82) is 0 Å². The molecule has 8 heteroatoms. The zero-order valence-corrected chi connectivity index (χ0v) is 13.2. The molecule has 0 atom stereocenters. The average Bonchev–Trinajstić information content (AvgIpc) is 3.05. The summed E-state index contributed by atoms with van der Waals surface area (Å²) in [5.74, 6) is -0.157. The molecule has 1 heterocycles. The third-order valence-corrected chi connectivity index (χ3v) is 4.13. The van der Waals surface area contributed by atoms with Gasteiger partial charge in [-0.3, -0.25) is 4.79 Å². The van der Waals surface area contributed by atoms with E-state index in [1.54, 1.807) is 0 Å². The summed E-state index contributed by atoms with van der Waals surface area (Å²) >= 11 is 0. The van der Waals surface area contributed by atoms with Crippen LogP contribution in [0.1, 0.15) is 10.7 Å². The normalized spacial score (nSPS) is 11.2. The van der Waals surface area contributed by atoms with Crippen LogP contribution in [0.25, 0.3) is 11.3 Å². The summed E-state index contributed by atoms with van der Waals surface area (Å²) in [5, 5.41) is 7.59. The number of sulfonamides is 1. The molecule has 3 aromatic rings. The highest BCUT2D eigenvalue weighted by Gasteiger charge is 2.15. The van der Waals surface area contributed by atoms with Crippen molar-refractivity contribution >= 4 is 21.6 Å². The fraction of sp³-hybridized carbons (Fsp3) is 0. The lowest BCUT2D eigenvalue weighted by Gasteiger charge is -2.03. The maximum atomic E-state index is 12.1. The lowest BCUT2D eigenvalue weighted by Crippen LogP contribution is -2.14. The van der Waals surface area contributed by atoms with E-state index in [0.29, 0.717) is 11.4 Å². The van der Waals surface area contributed by atoms with Crippen molar-refractivity contribution in [2.24, 2.45) is 5.14 Å². The molecular formula is C16H13N3O4S. The summed E-state index contributed by atoms with van der Waals surface area (Å²) in [4.78, 5) is 16.0. The number of carbonyl (C=O) groups excluding carboxylic acids is 1. The van der Waals surface area contributed by atoms with Crippen molar-refractivity contribution in [2.45, 2.75) is 4.90 Å². The van der Waals surface area contributed by atoms with E-state index in [1.165, 1.54) is 30.5 Å². The minimum Gasteiger partial charge on any atom is -0.432 e. The van der Waals surface area contributed by atoms with E-state index >= 15 is 0 Å². The van der Waals surface area contributed by atoms with Crippen molar-refractivity contribution in [3.8, 4) is 11.3 Å². The smallest absolute Gasteiger partial charge is 0.311 e. The molecule has 0 radical (unpaired) electrons. The number of anilines is 1. The zero-order chi connectivity index (χ0) is 17.2. The number of hydrogen-bond donors (Lipinski definition) is 2. The molecule has 0 aliphatic carbocycles. The van der Waals surface area contributed by atoms with Crippen LogP contribution in [0.3, 0.4) is 0 Å². The van der Waals surface area contributed by atoms with Crippen LogP contribution in [0, 0.1) is 0 Å². The van der Waals surface area contributed by atoms with E-state index < -0.39 is 15.9 Å². The van der Waals surface area contributed by atoms with E-state index in [9.17, 15) is 13.2 Å². The number of rotatable bonds is 4. The van der Waals surface area contributed by atoms with E-state index in [1.807, 2.05) is 30.3 Å². The Kier molecular flexibility index (Phi) is 4.15. The molecule has 0 unspecified atom stereocenters. The Hall–Kier alpha value is -2.97. The Morgan fingerprint density at radius 3 is 2.33 bits per heavy atom. The first-order chi connectivity index (χ1) is 11.4. The van der Waals surface area contributed by atoms with E-state index in [4.69, 9.17) is 9.56 Å². The first kappa shape index (κ1) is 15.9. The molecule has 7 nitrogen and oxygen atoms in total. The number of primary sulfonamides is 1. The van der Waals surface area contributed by atoms with Crippen LogP contribution in [0.4, 0.5) is 5.69 Å². The maximum Gasteiger partial charge on any atom is 0.311 e. The van der Waals surface area contributed by atoms with Crippen molar-refractivity contribution in [3.63, 3.8) is 0 Å². The van der Waals surface area contributed by atoms with E-state index in [-0.39, 0.29) is 10.8 Å². The molecule has 0 saturated carbocycles. The molecular weight excluding hydrogens is 330 g/mol. The van der Waals surface area contributed by atoms with Crippen LogP contribution in [-0.4, -0.2) is 19.3 Å². The number of benzene rings is 2. The summed E-state index contributed by atoms with van der Waals surface area (Å²) < 4.78 is 27.8. The highest BCUT2D eigenvalue weighted by molar-refractivity contribution is 7.89. The first-order valence-corrected chi connectivity index (χ1v) is 8.43. The van der Waals surface area contributed by atoms with Gasteiger partial charge in [-0.05, 0) is 24.3 Å². The lowest BCUT2D eigenvalue weighted by atomic mass is 10.2. The zero-order valence-electron chi connectivity index (χ0n) is 12.3. The third kappa shape index (κ3) is 3.50. The highest BCUT2D eigenvalue weighted by atomic mass is 32.2. The van der Waals surface area contributed by atoms with Gasteiger partial charge in [0.1, 0.15) is 0 Å². The topological polar surface area (TPSA) is 115 Å². The van der Waals surface area contributed by atoms with Gasteiger partial charge in [0.2, 0.25) is 10.0 Å². The Morgan fingerprint density at radius 1 is 1.04 bits per heavy atom. The van der Waals surface area contributed by atoms with Crippen LogP contribution in [0.5, 0.6) is 0 Å². The summed E-state index contributed by atoms with van der Waals surface area (Å²) in [6.45, 7) is 0. The second-order valence-corrected chi connectivity index (χ2v) is 6.48. The first-order valence-electron chi connectivity index (χ1n) is 6.89. The molecule has 1 amide bonds. The van der Waals surface area contributed by atoms with Gasteiger partial charge >= 0.3 is 5.91 Å². The fourth-order valence-electron chi connectivity index (χ4n) is 2.03. The monoisotopic (exact) mass is 343 g/mol. The third-order valence-electron chi connectivity index (χ3n) is 3.20. The Bertz CT molecular complexity index is 964. The second-order valence-electron chi connectivity index (χ2n) is 4.92. The molecule has 0 fully saturated rings. The van der Waals surface area contributed by atoms with Crippen LogP contribution in [0.2, 0.25) is 0 Å². The standard InChI is InChI=1S/C16H13N3O4S/c17-24(21,22)13-8-6-12(7-9-13)19-15(20)16-18-10-14(23-16)11-4-2-1-3-5-11/h1-10H,(H,19,20)(H2,17,21,22). The number of amides is 1. The van der Waals surface area contributed by atoms with Gasteiger partial charge in [-0.2, -0.15) is 0 Å². The summed E-state index contributed by atoms with van der Waals surface area (Å²) in [6, 6.07) is 14.7. The molecule has 122 valence electrons. The van der Waals surface area contributed by atoms with Gasteiger partial charge in [0.25, 0.3) is 5.89 Å². The molecule has 0 aliphatic rings. The summed E-state index contributed by atoms with van der Waals surface area (Å²) in [5.41, 5.74) is 1.20. The van der Waals surface area contributed by atoms with Gasteiger partial charge < -0.3 is 9.73 Å². The molecule has 0 saturated heterocycles. The van der Waals surface area contributed by atoms with Crippen molar-refractivity contribution in [1.82, 2.24) is 4.98 Å². The van der Waals surface area contributed by atoms with Crippen LogP contribution < -0.4 is 10.5 Å². The molecule has 0 bridgehead atoms. The Labute approximate surface area is 138 Å². The quantitative estimate of drug-likeness (QED) is 0.754. The summed E-state index contributed by atoms with van der Waals surface area (Å²) in [7, 11) is -3.77. The van der Waals surface area contributed by atoms with E-state index in [0.717, 1.165) is 5.56 Å². The highest BCUT2D eigenvalue weighted by Crippen LogP contribution is 2.20. The predicted molar refractivity (Wildman–Crippen MR) is 87.7 cm³/mol. The number of nitrogens with one attached hydrogen (secondary N) is 1. The number of carbonyl (C=O) groups is 1. The van der Waals surface area contributed by atoms with Crippen molar-refractivity contribution < 1.29 is 17.6 Å². The molecule has 2 aromatic carbocycles. The minimum atomic E-state index is -3.77. The maximum absolute atomic E-state index is 12.1. The number of aromatic nitrogens is 1. The van der Waals surface area contributed by atoms with Crippen LogP contribution in [-0.2, 0) is 10.0 Å². The van der Waals surface area contributed by atoms with Gasteiger partial charge in [0, 0.05) is 11.3 Å². The molecule has 24 heavy (non-hydrogen) atoms. The lowest BCUT2D eigenvalue weighted by molar-refractivity contribution is 0.0991. The number of hydrogen-bond acceptors (Lipinski definition) is 5. The second kappa shape index (κ2) is 6.26. The van der Waals surface area contributed by atoms with Crippen LogP contribution >= 0.6 is 0 Å². The van der Waals surface area contributed by atoms with Crippen molar-refractivity contribution in [3.05, 3.63) is 66.7 Å². The van der Waals surface area contributed by atoms with Gasteiger partial charge in [0.05, 0.1) is 11.1 Å². The van der Waals surface area contributed by atoms with Gasteiger partial charge in [-0.25, -0.2) is 18.5 Å². The van der Waals surface area contributed by atoms with Crippen molar-refractivity contribution in [2.75, 3.05) is 5.32 Å². The molecule has 3 rings (SSSR count). The number of oxazole rings is 1. The van der Waals surface area contributed by atoms with E-state index in [2.05, 4.69) is 10.3 Å². The largest absolute Gasteiger partial charge is 0.432 e. The fourth-order valence-corrected chi connectivity index (χ4v) is 2.54. The van der Waals surface area contributed by atoms with Crippen LogP contribution in [0.15, 0.2) is 70.1 Å². The van der Waals surface area contributed by atoms with Gasteiger partial charge in [0.15, 0.2) is 5.76 Å². The van der Waals surface area contributed by atoms with Gasteiger partial charge in [-0.15, -0.1) is 0 Å². The summed E-state index contributed by atoms with van der Waals surface area (Å²) in [6.07, 6.45) is 1.47. The SMILES string of the molecule is NS(=O)(=O)c1ccc(NC(=O)c2ncc(-c3ccccc3)o2)cc1.